The maximum Gasteiger partial charge on any atom is 0.222 e. The molecule has 27 heavy (non-hydrogen) atoms. The topological polar surface area (TPSA) is 50.2 Å². The van der Waals surface area contributed by atoms with Gasteiger partial charge in [0.1, 0.15) is 5.82 Å². The van der Waals surface area contributed by atoms with Gasteiger partial charge in [-0.2, -0.15) is 5.10 Å². The van der Waals surface area contributed by atoms with Gasteiger partial charge < -0.3 is 10.2 Å². The molecule has 0 spiro atoms. The summed E-state index contributed by atoms with van der Waals surface area (Å²) in [6.07, 6.45) is 3.43. The van der Waals surface area contributed by atoms with E-state index in [4.69, 9.17) is 0 Å². The lowest BCUT2D eigenvalue weighted by molar-refractivity contribution is -0.129. The first-order chi connectivity index (χ1) is 13.0. The number of halogens is 1. The summed E-state index contributed by atoms with van der Waals surface area (Å²) in [7, 11) is 0. The number of amides is 1. The molecule has 0 radical (unpaired) electrons. The van der Waals surface area contributed by atoms with E-state index in [1.165, 1.54) is 11.8 Å². The van der Waals surface area contributed by atoms with E-state index < -0.39 is 0 Å². The third-order valence-corrected chi connectivity index (χ3v) is 5.20. The van der Waals surface area contributed by atoms with Crippen molar-refractivity contribution in [3.8, 4) is 0 Å². The van der Waals surface area contributed by atoms with Gasteiger partial charge in [-0.05, 0) is 63.4 Å². The third kappa shape index (κ3) is 5.39. The normalized spacial score (nSPS) is 17.1. The highest BCUT2D eigenvalue weighted by atomic mass is 19.1. The first-order valence-electron chi connectivity index (χ1n) is 9.78. The molecule has 2 heterocycles. The van der Waals surface area contributed by atoms with Crippen molar-refractivity contribution in [1.82, 2.24) is 20.0 Å². The minimum Gasteiger partial charge on any atom is -0.340 e. The van der Waals surface area contributed by atoms with Crippen LogP contribution >= 0.6 is 0 Å². The molecule has 1 saturated heterocycles. The molecule has 6 heteroatoms. The number of hydrogen-bond acceptors (Lipinski definition) is 3. The van der Waals surface area contributed by atoms with Crippen molar-refractivity contribution >= 4 is 5.91 Å². The Labute approximate surface area is 160 Å². The minimum atomic E-state index is -0.204. The first-order valence-corrected chi connectivity index (χ1v) is 9.78. The Morgan fingerprint density at radius 2 is 2.11 bits per heavy atom. The van der Waals surface area contributed by atoms with Crippen molar-refractivity contribution in [3.63, 3.8) is 0 Å². The Kier molecular flexibility index (Phi) is 6.61. The van der Waals surface area contributed by atoms with Gasteiger partial charge in [-0.1, -0.05) is 12.1 Å². The first kappa shape index (κ1) is 19.5. The van der Waals surface area contributed by atoms with Crippen LogP contribution in [0.1, 0.15) is 42.6 Å². The van der Waals surface area contributed by atoms with Crippen molar-refractivity contribution in [2.24, 2.45) is 0 Å². The molecule has 146 valence electrons. The molecule has 0 aliphatic carbocycles. The monoisotopic (exact) mass is 372 g/mol. The van der Waals surface area contributed by atoms with E-state index in [9.17, 15) is 9.18 Å². The summed E-state index contributed by atoms with van der Waals surface area (Å²) < 4.78 is 15.2. The number of benzene rings is 1. The second-order valence-corrected chi connectivity index (χ2v) is 7.38. The number of nitrogens with zero attached hydrogens (tertiary/aromatic N) is 3. The SMILES string of the molecule is Cc1cc(C)n(CCCN2C(=O)CCC2CCNCc2cccc(F)c2)n1. The van der Waals surface area contributed by atoms with Gasteiger partial charge in [0.2, 0.25) is 5.91 Å². The zero-order valence-electron chi connectivity index (χ0n) is 16.2. The molecule has 2 aromatic rings. The van der Waals surface area contributed by atoms with E-state index in [-0.39, 0.29) is 11.7 Å². The van der Waals surface area contributed by atoms with E-state index >= 15 is 0 Å². The maximum absolute atomic E-state index is 13.2. The number of aromatic nitrogens is 2. The van der Waals surface area contributed by atoms with E-state index in [0.717, 1.165) is 50.2 Å². The molecule has 0 bridgehead atoms. The number of carbonyl (C=O) groups excluding carboxylic acids is 1. The zero-order chi connectivity index (χ0) is 19.2. The average Bonchev–Trinajstić information content (AvgIpc) is 3.14. The Hall–Kier alpha value is -2.21. The molecule has 1 atom stereocenters. The number of rotatable bonds is 9. The molecule has 1 unspecified atom stereocenters. The molecule has 1 aromatic carbocycles. The fourth-order valence-electron chi connectivity index (χ4n) is 3.84. The third-order valence-electron chi connectivity index (χ3n) is 5.20. The lowest BCUT2D eigenvalue weighted by Gasteiger charge is -2.25. The van der Waals surface area contributed by atoms with Gasteiger partial charge in [-0.25, -0.2) is 4.39 Å². The van der Waals surface area contributed by atoms with E-state index in [1.54, 1.807) is 12.1 Å². The lowest BCUT2D eigenvalue weighted by atomic mass is 10.1. The Morgan fingerprint density at radius 3 is 2.85 bits per heavy atom. The molecule has 1 aliphatic rings. The quantitative estimate of drug-likeness (QED) is 0.688. The highest BCUT2D eigenvalue weighted by Crippen LogP contribution is 2.21. The smallest absolute Gasteiger partial charge is 0.222 e. The van der Waals surface area contributed by atoms with Crippen LogP contribution < -0.4 is 5.32 Å². The van der Waals surface area contributed by atoms with Gasteiger partial charge in [-0.15, -0.1) is 0 Å². The van der Waals surface area contributed by atoms with Gasteiger partial charge in [0.15, 0.2) is 0 Å². The molecule has 1 amide bonds. The van der Waals surface area contributed by atoms with E-state index in [2.05, 4.69) is 23.4 Å². The Morgan fingerprint density at radius 1 is 1.26 bits per heavy atom. The van der Waals surface area contributed by atoms with Gasteiger partial charge in [0, 0.05) is 37.8 Å². The van der Waals surface area contributed by atoms with Crippen molar-refractivity contribution in [3.05, 3.63) is 53.1 Å². The molecule has 1 aromatic heterocycles. The van der Waals surface area contributed by atoms with Gasteiger partial charge in [-0.3, -0.25) is 9.48 Å². The van der Waals surface area contributed by atoms with Crippen LogP contribution in [0.15, 0.2) is 30.3 Å². The summed E-state index contributed by atoms with van der Waals surface area (Å²) in [6.45, 7) is 7.16. The number of hydrogen-bond donors (Lipinski definition) is 1. The van der Waals surface area contributed by atoms with Gasteiger partial charge >= 0.3 is 0 Å². The number of nitrogens with one attached hydrogen (secondary N) is 1. The maximum atomic E-state index is 13.2. The Balaban J connectivity index is 1.41. The van der Waals surface area contributed by atoms with Gasteiger partial charge in [0.25, 0.3) is 0 Å². The minimum absolute atomic E-state index is 0.204. The second kappa shape index (κ2) is 9.13. The molecular weight excluding hydrogens is 343 g/mol. The number of aryl methyl sites for hydroxylation is 3. The van der Waals surface area contributed by atoms with Crippen LogP contribution in [0.4, 0.5) is 4.39 Å². The molecule has 3 rings (SSSR count). The van der Waals surface area contributed by atoms with Crippen LogP contribution in [0, 0.1) is 19.7 Å². The summed E-state index contributed by atoms with van der Waals surface area (Å²) in [4.78, 5) is 14.3. The standard InChI is InChI=1S/C21H29FN4O/c1-16-13-17(2)26(24-16)12-4-11-25-20(7-8-21(25)27)9-10-23-15-18-5-3-6-19(22)14-18/h3,5-6,13-14,20,23H,4,7-12,15H2,1-2H3. The van der Waals surface area contributed by atoms with Crippen molar-refractivity contribution in [2.75, 3.05) is 13.1 Å². The average molecular weight is 372 g/mol. The van der Waals surface area contributed by atoms with Crippen molar-refractivity contribution in [1.29, 1.82) is 0 Å². The highest BCUT2D eigenvalue weighted by Gasteiger charge is 2.29. The van der Waals surface area contributed by atoms with Crippen LogP contribution in [0.5, 0.6) is 0 Å². The molecule has 1 aliphatic heterocycles. The largest absolute Gasteiger partial charge is 0.340 e. The fourth-order valence-corrected chi connectivity index (χ4v) is 3.84. The molecular formula is C21H29FN4O. The van der Waals surface area contributed by atoms with Crippen LogP contribution in [0.3, 0.4) is 0 Å². The Bertz CT molecular complexity index is 773. The fraction of sp³-hybridized carbons (Fsp3) is 0.524. The van der Waals surface area contributed by atoms with Crippen molar-refractivity contribution in [2.45, 2.75) is 58.7 Å². The summed E-state index contributed by atoms with van der Waals surface area (Å²) in [6, 6.07) is 9.04. The number of likely N-dealkylation sites (tertiary alicyclic amines) is 1. The molecule has 1 fully saturated rings. The van der Waals surface area contributed by atoms with Crippen LogP contribution in [0.25, 0.3) is 0 Å². The summed E-state index contributed by atoms with van der Waals surface area (Å²) in [5.74, 6) is 0.0583. The molecule has 5 nitrogen and oxygen atoms in total. The second-order valence-electron chi connectivity index (χ2n) is 7.38. The highest BCUT2D eigenvalue weighted by molar-refractivity contribution is 5.78. The zero-order valence-corrected chi connectivity index (χ0v) is 16.2. The van der Waals surface area contributed by atoms with Crippen LogP contribution in [-0.4, -0.2) is 39.7 Å². The number of carbonyl (C=O) groups is 1. The summed E-state index contributed by atoms with van der Waals surface area (Å²) in [5, 5.41) is 7.85. The summed E-state index contributed by atoms with van der Waals surface area (Å²) >= 11 is 0. The molecule has 1 N–H and O–H groups in total. The van der Waals surface area contributed by atoms with Crippen LogP contribution in [-0.2, 0) is 17.9 Å². The molecule has 0 saturated carbocycles. The predicted octanol–water partition coefficient (Wildman–Crippen LogP) is 3.20. The summed E-state index contributed by atoms with van der Waals surface area (Å²) in [5.41, 5.74) is 3.14. The van der Waals surface area contributed by atoms with Crippen molar-refractivity contribution < 1.29 is 9.18 Å². The van der Waals surface area contributed by atoms with E-state index in [1.807, 2.05) is 22.6 Å². The van der Waals surface area contributed by atoms with Gasteiger partial charge in [0.05, 0.1) is 5.69 Å². The predicted molar refractivity (Wildman–Crippen MR) is 104 cm³/mol. The lowest BCUT2D eigenvalue weighted by Crippen LogP contribution is -2.36. The van der Waals surface area contributed by atoms with E-state index in [0.29, 0.717) is 19.0 Å². The van der Waals surface area contributed by atoms with Crippen LogP contribution in [0.2, 0.25) is 0 Å².